The fraction of sp³-hybridized carbons (Fsp3) is 0.143. The van der Waals surface area contributed by atoms with Gasteiger partial charge in [-0.15, -0.1) is 5.10 Å². The van der Waals surface area contributed by atoms with Gasteiger partial charge in [-0.2, -0.15) is 0 Å². The van der Waals surface area contributed by atoms with Crippen LogP contribution in [0.25, 0.3) is 16.5 Å². The van der Waals surface area contributed by atoms with Gasteiger partial charge in [0.2, 0.25) is 0 Å². The molecule has 0 atom stereocenters. The molecule has 0 unspecified atom stereocenters. The Morgan fingerprint density at radius 1 is 1.05 bits per heavy atom. The molecular formula is C14H11Br2N3. The minimum absolute atomic E-state index is 0.889. The third kappa shape index (κ3) is 2.72. The molecule has 0 radical (unpaired) electrons. The normalized spacial score (nSPS) is 11.1. The largest absolute Gasteiger partial charge is 0.220 e. The van der Waals surface area contributed by atoms with Gasteiger partial charge < -0.3 is 0 Å². The van der Waals surface area contributed by atoms with Gasteiger partial charge in [0.25, 0.3) is 0 Å². The van der Waals surface area contributed by atoms with Crippen LogP contribution in [-0.2, 0) is 6.42 Å². The maximum Gasteiger partial charge on any atom is 0.0840 e. The summed E-state index contributed by atoms with van der Waals surface area (Å²) in [6.07, 6.45) is 2.86. The molecule has 19 heavy (non-hydrogen) atoms. The number of rotatable bonds is 3. The Labute approximate surface area is 127 Å². The lowest BCUT2D eigenvalue weighted by atomic mass is 10.1. The van der Waals surface area contributed by atoms with E-state index in [0.29, 0.717) is 0 Å². The molecule has 0 bridgehead atoms. The fourth-order valence-corrected chi connectivity index (χ4v) is 2.77. The molecule has 0 amide bonds. The van der Waals surface area contributed by atoms with E-state index in [2.05, 4.69) is 72.5 Å². The number of alkyl halides is 1. The van der Waals surface area contributed by atoms with E-state index in [0.717, 1.165) is 27.6 Å². The van der Waals surface area contributed by atoms with E-state index in [1.165, 1.54) is 10.8 Å². The van der Waals surface area contributed by atoms with Crippen LogP contribution in [0.1, 0.15) is 5.69 Å². The molecule has 0 saturated carbocycles. The number of hydrogen-bond acceptors (Lipinski definition) is 2. The van der Waals surface area contributed by atoms with Crippen molar-refractivity contribution >= 4 is 42.6 Å². The average molecular weight is 381 g/mol. The number of fused-ring (bicyclic) bond motifs is 1. The predicted octanol–water partition coefficient (Wildman–Crippen LogP) is 4.12. The van der Waals surface area contributed by atoms with Crippen LogP contribution in [0.2, 0.25) is 0 Å². The first kappa shape index (κ1) is 12.8. The predicted molar refractivity (Wildman–Crippen MR) is 84.1 cm³/mol. The van der Waals surface area contributed by atoms with Gasteiger partial charge in [-0.05, 0) is 35.0 Å². The molecule has 3 aromatic rings. The van der Waals surface area contributed by atoms with Gasteiger partial charge in [0.05, 0.1) is 17.6 Å². The molecular weight excluding hydrogens is 370 g/mol. The van der Waals surface area contributed by atoms with Crippen molar-refractivity contribution in [1.29, 1.82) is 0 Å². The molecule has 1 heterocycles. The number of nitrogens with zero attached hydrogens (tertiary/aromatic N) is 3. The summed E-state index contributed by atoms with van der Waals surface area (Å²) in [5.74, 6) is 0. The van der Waals surface area contributed by atoms with Crippen LogP contribution in [-0.4, -0.2) is 20.3 Å². The zero-order valence-corrected chi connectivity index (χ0v) is 13.2. The number of halogens is 2. The minimum atomic E-state index is 0.889. The SMILES string of the molecule is BrCCc1cn(-c2ccc3cc(Br)ccc3c2)nn1. The summed E-state index contributed by atoms with van der Waals surface area (Å²) < 4.78 is 2.91. The van der Waals surface area contributed by atoms with Crippen molar-refractivity contribution in [2.75, 3.05) is 5.33 Å². The van der Waals surface area contributed by atoms with E-state index >= 15 is 0 Å². The molecule has 0 spiro atoms. The van der Waals surface area contributed by atoms with Crippen LogP contribution >= 0.6 is 31.9 Å². The Morgan fingerprint density at radius 2 is 1.84 bits per heavy atom. The van der Waals surface area contributed by atoms with Crippen molar-refractivity contribution in [3.8, 4) is 5.69 Å². The quantitative estimate of drug-likeness (QED) is 0.640. The van der Waals surface area contributed by atoms with Crippen LogP contribution < -0.4 is 0 Å². The Morgan fingerprint density at radius 3 is 2.68 bits per heavy atom. The van der Waals surface area contributed by atoms with E-state index in [1.54, 1.807) is 0 Å². The molecule has 0 fully saturated rings. The molecule has 0 N–H and O–H groups in total. The molecule has 1 aromatic heterocycles. The Balaban J connectivity index is 2.02. The molecule has 3 rings (SSSR count). The molecule has 5 heteroatoms. The van der Waals surface area contributed by atoms with Crippen molar-refractivity contribution in [3.05, 3.63) is 52.8 Å². The number of hydrogen-bond donors (Lipinski definition) is 0. The second-order valence-electron chi connectivity index (χ2n) is 4.27. The number of benzene rings is 2. The highest BCUT2D eigenvalue weighted by Crippen LogP contribution is 2.22. The van der Waals surface area contributed by atoms with Gasteiger partial charge in [0.1, 0.15) is 0 Å². The van der Waals surface area contributed by atoms with Gasteiger partial charge >= 0.3 is 0 Å². The van der Waals surface area contributed by atoms with Gasteiger partial charge in [-0.25, -0.2) is 4.68 Å². The van der Waals surface area contributed by atoms with Crippen LogP contribution in [0.4, 0.5) is 0 Å². The highest BCUT2D eigenvalue weighted by atomic mass is 79.9. The molecule has 0 saturated heterocycles. The van der Waals surface area contributed by atoms with E-state index in [-0.39, 0.29) is 0 Å². The smallest absolute Gasteiger partial charge is 0.0840 e. The summed E-state index contributed by atoms with van der Waals surface area (Å²) in [7, 11) is 0. The van der Waals surface area contributed by atoms with Crippen molar-refractivity contribution in [1.82, 2.24) is 15.0 Å². The molecule has 3 nitrogen and oxygen atoms in total. The molecule has 96 valence electrons. The zero-order valence-electron chi connectivity index (χ0n) is 10.1. The first-order valence-corrected chi connectivity index (χ1v) is 7.84. The lowest BCUT2D eigenvalue weighted by Gasteiger charge is -2.03. The number of aromatic nitrogens is 3. The highest BCUT2D eigenvalue weighted by molar-refractivity contribution is 9.10. The molecule has 0 aliphatic carbocycles. The van der Waals surface area contributed by atoms with Crippen molar-refractivity contribution in [2.45, 2.75) is 6.42 Å². The Hall–Kier alpha value is -1.20. The van der Waals surface area contributed by atoms with E-state index in [1.807, 2.05) is 16.9 Å². The lowest BCUT2D eigenvalue weighted by Crippen LogP contribution is -1.94. The van der Waals surface area contributed by atoms with E-state index < -0.39 is 0 Å². The highest BCUT2D eigenvalue weighted by Gasteiger charge is 2.03. The Bertz CT molecular complexity index is 722. The monoisotopic (exact) mass is 379 g/mol. The number of aryl methyl sites for hydroxylation is 1. The maximum absolute atomic E-state index is 4.17. The van der Waals surface area contributed by atoms with Crippen LogP contribution in [0.15, 0.2) is 47.1 Å². The summed E-state index contributed by atoms with van der Waals surface area (Å²) in [6, 6.07) is 12.5. The van der Waals surface area contributed by atoms with Gasteiger partial charge in [0, 0.05) is 16.2 Å². The van der Waals surface area contributed by atoms with Gasteiger partial charge in [0.15, 0.2) is 0 Å². The third-order valence-corrected chi connectivity index (χ3v) is 3.83. The second-order valence-corrected chi connectivity index (χ2v) is 5.98. The van der Waals surface area contributed by atoms with E-state index in [9.17, 15) is 0 Å². The fourth-order valence-electron chi connectivity index (χ4n) is 1.98. The summed E-state index contributed by atoms with van der Waals surface area (Å²) in [5.41, 5.74) is 2.02. The van der Waals surface area contributed by atoms with E-state index in [4.69, 9.17) is 0 Å². The van der Waals surface area contributed by atoms with Gasteiger partial charge in [-0.1, -0.05) is 49.2 Å². The van der Waals surface area contributed by atoms with Crippen LogP contribution in [0, 0.1) is 0 Å². The van der Waals surface area contributed by atoms with Crippen molar-refractivity contribution in [2.24, 2.45) is 0 Å². The third-order valence-electron chi connectivity index (χ3n) is 2.94. The first-order valence-electron chi connectivity index (χ1n) is 5.93. The summed E-state index contributed by atoms with van der Waals surface area (Å²) in [5, 5.41) is 11.6. The summed E-state index contributed by atoms with van der Waals surface area (Å²) >= 11 is 6.89. The maximum atomic E-state index is 4.17. The summed E-state index contributed by atoms with van der Waals surface area (Å²) in [6.45, 7) is 0. The Kier molecular flexibility index (Phi) is 3.66. The average Bonchev–Trinajstić information content (AvgIpc) is 2.87. The second kappa shape index (κ2) is 5.43. The van der Waals surface area contributed by atoms with Crippen LogP contribution in [0.3, 0.4) is 0 Å². The molecule has 0 aliphatic rings. The summed E-state index contributed by atoms with van der Waals surface area (Å²) in [4.78, 5) is 0. The van der Waals surface area contributed by atoms with Crippen LogP contribution in [0.5, 0.6) is 0 Å². The zero-order chi connectivity index (χ0) is 13.2. The topological polar surface area (TPSA) is 30.7 Å². The minimum Gasteiger partial charge on any atom is -0.220 e. The van der Waals surface area contributed by atoms with Crippen molar-refractivity contribution < 1.29 is 0 Å². The molecule has 2 aromatic carbocycles. The van der Waals surface area contributed by atoms with Gasteiger partial charge in [-0.3, -0.25) is 0 Å². The first-order chi connectivity index (χ1) is 9.26. The lowest BCUT2D eigenvalue weighted by molar-refractivity contribution is 0.799. The standard InChI is InChI=1S/C14H11Br2N3/c15-6-5-13-9-19(18-17-13)14-4-2-10-7-12(16)3-1-11(10)8-14/h1-4,7-9H,5-6H2. The molecule has 0 aliphatic heterocycles. The van der Waals surface area contributed by atoms with Crippen molar-refractivity contribution in [3.63, 3.8) is 0 Å².